The Balaban J connectivity index is 1.78. The third-order valence-electron chi connectivity index (χ3n) is 4.48. The molecule has 0 radical (unpaired) electrons. The number of nitriles is 1. The van der Waals surface area contributed by atoms with Crippen molar-refractivity contribution < 1.29 is 8.81 Å². The van der Waals surface area contributed by atoms with E-state index >= 15 is 0 Å². The van der Waals surface area contributed by atoms with Gasteiger partial charge in [0.1, 0.15) is 10.8 Å². The van der Waals surface area contributed by atoms with E-state index in [1.54, 1.807) is 6.07 Å². The first-order valence-corrected chi connectivity index (χ1v) is 8.37. The van der Waals surface area contributed by atoms with Crippen LogP contribution in [0.3, 0.4) is 0 Å². The molecular formula is C18H14ClFN4O. The fraction of sp³-hybridized carbons (Fsp3) is 0.278. The number of nitrogens with zero attached hydrogens (tertiary/aromatic N) is 4. The average Bonchev–Trinajstić information content (AvgIpc) is 3.11. The van der Waals surface area contributed by atoms with Gasteiger partial charge in [0.15, 0.2) is 17.2 Å². The summed E-state index contributed by atoms with van der Waals surface area (Å²) < 4.78 is 19.5. The van der Waals surface area contributed by atoms with E-state index in [9.17, 15) is 4.39 Å². The molecule has 5 nitrogen and oxygen atoms in total. The maximum absolute atomic E-state index is 14.3. The summed E-state index contributed by atoms with van der Waals surface area (Å²) in [5, 5.41) is 10.0. The van der Waals surface area contributed by atoms with Crippen LogP contribution >= 0.6 is 11.6 Å². The highest BCUT2D eigenvalue weighted by atomic mass is 35.5. The van der Waals surface area contributed by atoms with Gasteiger partial charge in [-0.15, -0.1) is 0 Å². The second-order valence-corrected chi connectivity index (χ2v) is 6.44. The van der Waals surface area contributed by atoms with Gasteiger partial charge in [0.25, 0.3) is 0 Å². The molecule has 0 spiro atoms. The summed E-state index contributed by atoms with van der Waals surface area (Å²) in [6.45, 7) is 1.38. The second-order valence-electron chi connectivity index (χ2n) is 6.05. The van der Waals surface area contributed by atoms with Crippen molar-refractivity contribution in [3.05, 3.63) is 41.6 Å². The maximum Gasteiger partial charge on any atom is 0.169 e. The third-order valence-corrected chi connectivity index (χ3v) is 4.66. The summed E-state index contributed by atoms with van der Waals surface area (Å²) in [4.78, 5) is 10.9. The van der Waals surface area contributed by atoms with Gasteiger partial charge < -0.3 is 9.32 Å². The van der Waals surface area contributed by atoms with Gasteiger partial charge in [0.05, 0.1) is 18.5 Å². The van der Waals surface area contributed by atoms with Gasteiger partial charge >= 0.3 is 0 Å². The summed E-state index contributed by atoms with van der Waals surface area (Å²) >= 11 is 6.05. The molecule has 0 bridgehead atoms. The van der Waals surface area contributed by atoms with E-state index in [1.807, 2.05) is 6.07 Å². The minimum absolute atomic E-state index is 0.0616. The molecule has 126 valence electrons. The molecule has 1 aliphatic heterocycles. The Labute approximate surface area is 148 Å². The highest BCUT2D eigenvalue weighted by molar-refractivity contribution is 6.29. The summed E-state index contributed by atoms with van der Waals surface area (Å²) in [6, 6.07) is 7.24. The summed E-state index contributed by atoms with van der Waals surface area (Å²) in [7, 11) is 0. The van der Waals surface area contributed by atoms with Gasteiger partial charge in [0, 0.05) is 30.0 Å². The standard InChI is InChI=1S/C18H14ClFN4O/c19-15-10-22-16(13-7-12-3-6-25-17(12)14(20)8-13)18(23-15)24-4-1-11(9-21)2-5-24/h3,6-8,10-11H,1-2,4-5H2. The van der Waals surface area contributed by atoms with Gasteiger partial charge in [-0.3, -0.25) is 0 Å². The molecular weight excluding hydrogens is 343 g/mol. The number of anilines is 1. The lowest BCUT2D eigenvalue weighted by Crippen LogP contribution is -2.34. The van der Waals surface area contributed by atoms with Gasteiger partial charge in [0.2, 0.25) is 0 Å². The van der Waals surface area contributed by atoms with Crippen molar-refractivity contribution in [1.82, 2.24) is 9.97 Å². The fourth-order valence-electron chi connectivity index (χ4n) is 3.18. The number of hydrogen-bond donors (Lipinski definition) is 0. The van der Waals surface area contributed by atoms with Crippen LogP contribution in [0.15, 0.2) is 35.1 Å². The minimum atomic E-state index is -0.441. The Kier molecular flexibility index (Phi) is 4.02. The van der Waals surface area contributed by atoms with Crippen molar-refractivity contribution in [1.29, 1.82) is 5.26 Å². The molecule has 0 unspecified atom stereocenters. The topological polar surface area (TPSA) is 66.0 Å². The normalized spacial score (nSPS) is 15.5. The lowest BCUT2D eigenvalue weighted by Gasteiger charge is -2.31. The van der Waals surface area contributed by atoms with Gasteiger partial charge in [-0.1, -0.05) is 11.6 Å². The first-order chi connectivity index (χ1) is 12.2. The van der Waals surface area contributed by atoms with Gasteiger partial charge in [-0.05, 0) is 31.0 Å². The van der Waals surface area contributed by atoms with E-state index in [2.05, 4.69) is 20.9 Å². The zero-order valence-electron chi connectivity index (χ0n) is 13.2. The predicted octanol–water partition coefficient (Wildman–Crippen LogP) is 4.42. The van der Waals surface area contributed by atoms with E-state index in [-0.39, 0.29) is 16.7 Å². The fourth-order valence-corrected chi connectivity index (χ4v) is 3.31. The van der Waals surface area contributed by atoms with Gasteiger partial charge in [-0.2, -0.15) is 5.26 Å². The van der Waals surface area contributed by atoms with Crippen LogP contribution in [0.4, 0.5) is 10.2 Å². The molecule has 2 aromatic heterocycles. The zero-order chi connectivity index (χ0) is 17.4. The van der Waals surface area contributed by atoms with Gasteiger partial charge in [-0.25, -0.2) is 14.4 Å². The monoisotopic (exact) mass is 356 g/mol. The highest BCUT2D eigenvalue weighted by Gasteiger charge is 2.24. The highest BCUT2D eigenvalue weighted by Crippen LogP contribution is 2.34. The Morgan fingerprint density at radius 2 is 2.12 bits per heavy atom. The Hall–Kier alpha value is -2.65. The Morgan fingerprint density at radius 1 is 1.32 bits per heavy atom. The van der Waals surface area contributed by atoms with Crippen LogP contribution in [0.2, 0.25) is 5.15 Å². The number of piperidine rings is 1. The second kappa shape index (κ2) is 6.34. The molecule has 1 saturated heterocycles. The molecule has 1 aromatic carbocycles. The molecule has 3 aromatic rings. The van der Waals surface area contributed by atoms with Crippen LogP contribution in [-0.2, 0) is 0 Å². The molecule has 1 aliphatic rings. The molecule has 4 rings (SSSR count). The summed E-state index contributed by atoms with van der Waals surface area (Å²) in [6.07, 6.45) is 4.44. The summed E-state index contributed by atoms with van der Waals surface area (Å²) in [5.74, 6) is 0.237. The van der Waals surface area contributed by atoms with Crippen LogP contribution in [-0.4, -0.2) is 23.1 Å². The number of fused-ring (bicyclic) bond motifs is 1. The summed E-state index contributed by atoms with van der Waals surface area (Å²) in [5.41, 5.74) is 1.41. The van der Waals surface area contributed by atoms with Crippen molar-refractivity contribution in [2.75, 3.05) is 18.0 Å². The predicted molar refractivity (Wildman–Crippen MR) is 92.8 cm³/mol. The van der Waals surface area contributed by atoms with E-state index in [0.29, 0.717) is 35.6 Å². The van der Waals surface area contributed by atoms with E-state index in [4.69, 9.17) is 21.3 Å². The maximum atomic E-state index is 14.3. The van der Waals surface area contributed by atoms with Crippen molar-refractivity contribution >= 4 is 28.4 Å². The molecule has 25 heavy (non-hydrogen) atoms. The number of halogens is 2. The van der Waals surface area contributed by atoms with E-state index in [0.717, 1.165) is 12.8 Å². The number of hydrogen-bond acceptors (Lipinski definition) is 5. The zero-order valence-corrected chi connectivity index (χ0v) is 14.0. The quantitative estimate of drug-likeness (QED) is 0.679. The van der Waals surface area contributed by atoms with Crippen LogP contribution < -0.4 is 4.90 Å². The van der Waals surface area contributed by atoms with Crippen molar-refractivity contribution in [3.8, 4) is 17.3 Å². The first kappa shape index (κ1) is 15.9. The van der Waals surface area contributed by atoms with E-state index < -0.39 is 5.82 Å². The molecule has 0 amide bonds. The van der Waals surface area contributed by atoms with Crippen molar-refractivity contribution in [3.63, 3.8) is 0 Å². The number of benzene rings is 1. The molecule has 1 fully saturated rings. The SMILES string of the molecule is N#CC1CCN(c2nc(Cl)cnc2-c2cc(F)c3occc3c2)CC1. The van der Waals surface area contributed by atoms with Crippen LogP contribution in [0, 0.1) is 23.1 Å². The van der Waals surface area contributed by atoms with E-state index in [1.165, 1.54) is 18.5 Å². The van der Waals surface area contributed by atoms with Crippen LogP contribution in [0.5, 0.6) is 0 Å². The number of rotatable bonds is 2. The molecule has 0 saturated carbocycles. The molecule has 0 atom stereocenters. The van der Waals surface area contributed by atoms with Crippen LogP contribution in [0.1, 0.15) is 12.8 Å². The average molecular weight is 357 g/mol. The first-order valence-electron chi connectivity index (χ1n) is 8.00. The molecule has 7 heteroatoms. The number of aromatic nitrogens is 2. The largest absolute Gasteiger partial charge is 0.461 e. The Bertz CT molecular complexity index is 973. The minimum Gasteiger partial charge on any atom is -0.461 e. The lowest BCUT2D eigenvalue weighted by molar-refractivity contribution is 0.485. The molecule has 3 heterocycles. The van der Waals surface area contributed by atoms with Crippen molar-refractivity contribution in [2.24, 2.45) is 5.92 Å². The number of furan rings is 1. The smallest absolute Gasteiger partial charge is 0.169 e. The Morgan fingerprint density at radius 3 is 2.88 bits per heavy atom. The molecule has 0 aliphatic carbocycles. The van der Waals surface area contributed by atoms with Crippen molar-refractivity contribution in [2.45, 2.75) is 12.8 Å². The van der Waals surface area contributed by atoms with Crippen LogP contribution in [0.25, 0.3) is 22.2 Å². The lowest BCUT2D eigenvalue weighted by atomic mass is 9.98. The third kappa shape index (κ3) is 2.92. The molecule has 0 N–H and O–H groups in total.